The molecule has 2 fully saturated rings. The number of anilines is 2. The number of rotatable bonds is 3. The van der Waals surface area contributed by atoms with Crippen LogP contribution < -0.4 is 16.4 Å². The normalized spacial score (nSPS) is 23.6. The Balaban J connectivity index is 1.95. The Hall–Kier alpha value is -1.23. The smallest absolute Gasteiger partial charge is 0.260 e. The summed E-state index contributed by atoms with van der Waals surface area (Å²) in [6.07, 6.45) is 6.11. The Labute approximate surface area is 124 Å². The maximum absolute atomic E-state index is 11.6. The lowest BCUT2D eigenvalue weighted by molar-refractivity contribution is 0.100. The van der Waals surface area contributed by atoms with Crippen LogP contribution in [0.1, 0.15) is 60.2 Å². The van der Waals surface area contributed by atoms with Crippen LogP contribution in [0.4, 0.5) is 10.7 Å². The number of nitrogen functional groups attached to an aromatic ring is 1. The molecule has 1 aliphatic heterocycles. The number of carbonyl (C=O) groups excluding carboxylic acids is 1. The molecule has 0 bridgehead atoms. The lowest BCUT2D eigenvalue weighted by Gasteiger charge is -2.22. The summed E-state index contributed by atoms with van der Waals surface area (Å²) in [5, 5.41) is 1.22. The molecular formula is C15H23N3OS. The Morgan fingerprint density at radius 2 is 2.00 bits per heavy atom. The van der Waals surface area contributed by atoms with Crippen molar-refractivity contribution >= 4 is 27.9 Å². The van der Waals surface area contributed by atoms with Crippen molar-refractivity contribution in [1.29, 1.82) is 0 Å². The topological polar surface area (TPSA) is 72.3 Å². The van der Waals surface area contributed by atoms with Crippen molar-refractivity contribution < 1.29 is 4.79 Å². The molecule has 1 atom stereocenters. The van der Waals surface area contributed by atoms with Gasteiger partial charge in [0, 0.05) is 18.7 Å². The molecule has 4 N–H and O–H groups in total. The maximum atomic E-state index is 11.6. The van der Waals surface area contributed by atoms with Gasteiger partial charge < -0.3 is 16.4 Å². The fourth-order valence-electron chi connectivity index (χ4n) is 3.09. The van der Waals surface area contributed by atoms with E-state index in [-0.39, 0.29) is 5.91 Å². The van der Waals surface area contributed by atoms with Crippen LogP contribution in [-0.4, -0.2) is 19.0 Å². The highest BCUT2D eigenvalue weighted by molar-refractivity contribution is 7.18. The van der Waals surface area contributed by atoms with E-state index < -0.39 is 0 Å². The van der Waals surface area contributed by atoms with Crippen molar-refractivity contribution in [3.05, 3.63) is 10.4 Å². The van der Waals surface area contributed by atoms with E-state index in [0.29, 0.717) is 16.5 Å². The summed E-state index contributed by atoms with van der Waals surface area (Å²) in [4.78, 5) is 14.6. The van der Waals surface area contributed by atoms with Gasteiger partial charge in [-0.2, -0.15) is 0 Å². The van der Waals surface area contributed by atoms with Gasteiger partial charge in [-0.1, -0.05) is 6.92 Å². The lowest BCUT2D eigenvalue weighted by Crippen LogP contribution is -2.24. The molecule has 20 heavy (non-hydrogen) atoms. The van der Waals surface area contributed by atoms with Gasteiger partial charge in [0.1, 0.15) is 4.88 Å². The molecule has 110 valence electrons. The second-order valence-corrected chi connectivity index (χ2v) is 7.22. The average Bonchev–Trinajstić information content (AvgIpc) is 3.18. The summed E-state index contributed by atoms with van der Waals surface area (Å²) < 4.78 is 0. The van der Waals surface area contributed by atoms with Crippen molar-refractivity contribution in [2.45, 2.75) is 44.9 Å². The Morgan fingerprint density at radius 1 is 1.25 bits per heavy atom. The Kier molecular flexibility index (Phi) is 3.63. The number of hydrogen-bond acceptors (Lipinski definition) is 4. The summed E-state index contributed by atoms with van der Waals surface area (Å²) in [5.74, 6) is 0.955. The van der Waals surface area contributed by atoms with Crippen molar-refractivity contribution in [2.24, 2.45) is 11.7 Å². The van der Waals surface area contributed by atoms with E-state index in [0.717, 1.165) is 19.0 Å². The largest absolute Gasteiger partial charge is 0.397 e. The molecule has 1 aliphatic carbocycles. The first kappa shape index (κ1) is 13.7. The summed E-state index contributed by atoms with van der Waals surface area (Å²) >= 11 is 1.51. The zero-order valence-corrected chi connectivity index (χ0v) is 12.8. The van der Waals surface area contributed by atoms with Gasteiger partial charge in [-0.05, 0) is 43.9 Å². The molecule has 5 heteroatoms. The molecule has 2 aliphatic rings. The molecule has 0 spiro atoms. The van der Waals surface area contributed by atoms with E-state index in [9.17, 15) is 4.79 Å². The van der Waals surface area contributed by atoms with E-state index in [4.69, 9.17) is 11.5 Å². The van der Waals surface area contributed by atoms with Crippen molar-refractivity contribution in [3.8, 4) is 0 Å². The second kappa shape index (κ2) is 5.28. The van der Waals surface area contributed by atoms with Gasteiger partial charge in [0.25, 0.3) is 5.91 Å². The minimum Gasteiger partial charge on any atom is -0.397 e. The third kappa shape index (κ3) is 2.51. The lowest BCUT2D eigenvalue weighted by atomic mass is 10.0. The minimum absolute atomic E-state index is 0.385. The summed E-state index contributed by atoms with van der Waals surface area (Å²) in [6, 6.07) is 0. The van der Waals surface area contributed by atoms with Gasteiger partial charge in [-0.15, -0.1) is 11.3 Å². The van der Waals surface area contributed by atoms with Crippen molar-refractivity contribution in [1.82, 2.24) is 0 Å². The first-order valence-corrected chi connectivity index (χ1v) is 8.36. The highest BCUT2D eigenvalue weighted by Crippen LogP contribution is 2.52. The second-order valence-electron chi connectivity index (χ2n) is 6.23. The number of hydrogen-bond donors (Lipinski definition) is 2. The van der Waals surface area contributed by atoms with Crippen LogP contribution in [0.25, 0.3) is 0 Å². The molecule has 0 radical (unpaired) electrons. The molecule has 1 saturated heterocycles. The van der Waals surface area contributed by atoms with E-state index >= 15 is 0 Å². The number of thiophene rings is 1. The molecule has 3 rings (SSSR count). The van der Waals surface area contributed by atoms with Gasteiger partial charge >= 0.3 is 0 Å². The molecular weight excluding hydrogens is 270 g/mol. The number of amides is 1. The molecule has 1 saturated carbocycles. The molecule has 4 nitrogen and oxygen atoms in total. The highest BCUT2D eigenvalue weighted by Gasteiger charge is 2.34. The van der Waals surface area contributed by atoms with E-state index in [1.807, 2.05) is 0 Å². The minimum atomic E-state index is -0.385. The number of nitrogens with two attached hydrogens (primary N) is 2. The molecule has 1 aromatic heterocycles. The summed E-state index contributed by atoms with van der Waals surface area (Å²) in [7, 11) is 0. The van der Waals surface area contributed by atoms with Crippen molar-refractivity contribution in [3.63, 3.8) is 0 Å². The Bertz CT molecular complexity index is 521. The zero-order valence-electron chi connectivity index (χ0n) is 12.0. The van der Waals surface area contributed by atoms with Gasteiger partial charge in [0.2, 0.25) is 0 Å². The van der Waals surface area contributed by atoms with Crippen molar-refractivity contribution in [2.75, 3.05) is 23.7 Å². The predicted molar refractivity (Wildman–Crippen MR) is 84.5 cm³/mol. The van der Waals surface area contributed by atoms with Gasteiger partial charge in [0.05, 0.1) is 10.7 Å². The number of primary amides is 1. The van der Waals surface area contributed by atoms with Crippen LogP contribution in [0, 0.1) is 5.92 Å². The third-order valence-corrected chi connectivity index (χ3v) is 5.77. The van der Waals surface area contributed by atoms with E-state index in [1.54, 1.807) is 0 Å². The molecule has 1 unspecified atom stereocenters. The van der Waals surface area contributed by atoms with Crippen LogP contribution in [0.15, 0.2) is 0 Å². The Morgan fingerprint density at radius 3 is 2.65 bits per heavy atom. The summed E-state index contributed by atoms with van der Waals surface area (Å²) in [6.45, 7) is 4.46. The SMILES string of the molecule is CC1CCCN(c2sc(C(N)=O)c(N)c2C2CC2)CC1. The fourth-order valence-corrected chi connectivity index (χ4v) is 4.31. The van der Waals surface area contributed by atoms with E-state index in [2.05, 4.69) is 11.8 Å². The van der Waals surface area contributed by atoms with Gasteiger partial charge in [0.15, 0.2) is 0 Å². The quantitative estimate of drug-likeness (QED) is 0.900. The van der Waals surface area contributed by atoms with Gasteiger partial charge in [-0.3, -0.25) is 4.79 Å². The van der Waals surface area contributed by atoms with Gasteiger partial charge in [-0.25, -0.2) is 0 Å². The first-order valence-electron chi connectivity index (χ1n) is 7.54. The zero-order chi connectivity index (χ0) is 14.3. The maximum Gasteiger partial charge on any atom is 0.260 e. The third-order valence-electron chi connectivity index (χ3n) is 4.48. The summed E-state index contributed by atoms with van der Waals surface area (Å²) in [5.41, 5.74) is 13.5. The number of carbonyl (C=O) groups is 1. The molecule has 0 aromatic carbocycles. The van der Waals surface area contributed by atoms with Crippen LogP contribution >= 0.6 is 11.3 Å². The average molecular weight is 293 g/mol. The molecule has 1 aromatic rings. The van der Waals surface area contributed by atoms with Crippen LogP contribution in [0.5, 0.6) is 0 Å². The number of nitrogens with zero attached hydrogens (tertiary/aromatic N) is 1. The van der Waals surface area contributed by atoms with Crippen LogP contribution in [0.2, 0.25) is 0 Å². The standard InChI is InChI=1S/C15H23N3OS/c1-9-3-2-7-18(8-6-9)15-11(10-4-5-10)12(16)13(20-15)14(17)19/h9-10H,2-8,16H2,1H3,(H2,17,19). The predicted octanol–water partition coefficient (Wildman–Crippen LogP) is 2.93. The molecule has 1 amide bonds. The highest BCUT2D eigenvalue weighted by atomic mass is 32.1. The van der Waals surface area contributed by atoms with Crippen LogP contribution in [0.3, 0.4) is 0 Å². The first-order chi connectivity index (χ1) is 9.58. The van der Waals surface area contributed by atoms with E-state index in [1.165, 1.54) is 54.0 Å². The molecule has 2 heterocycles. The van der Waals surface area contributed by atoms with Crippen LogP contribution in [-0.2, 0) is 0 Å². The monoisotopic (exact) mass is 293 g/mol. The fraction of sp³-hybridized carbons (Fsp3) is 0.667.